The van der Waals surface area contributed by atoms with Crippen molar-refractivity contribution < 1.29 is 9.21 Å². The van der Waals surface area contributed by atoms with Gasteiger partial charge in [-0.05, 0) is 87.1 Å². The second kappa shape index (κ2) is 7.84. The maximum Gasteiger partial charge on any atom is 0.231 e. The van der Waals surface area contributed by atoms with Gasteiger partial charge >= 0.3 is 0 Å². The number of thiocarbonyl (C=S) groups is 1. The van der Waals surface area contributed by atoms with E-state index in [4.69, 9.17) is 16.6 Å². The first-order valence-electron chi connectivity index (χ1n) is 8.12. The fraction of sp³-hybridized carbons (Fsp3) is 0.211. The maximum absolute atomic E-state index is 12.0. The molecule has 0 saturated heterocycles. The minimum absolute atomic E-state index is 0.145. The van der Waals surface area contributed by atoms with E-state index in [-0.39, 0.29) is 11.0 Å². The number of halogens is 2. The monoisotopic (exact) mass is 557 g/mol. The number of nitrogens with zero attached hydrogens (tertiary/aromatic N) is 1. The lowest BCUT2D eigenvalue weighted by molar-refractivity contribution is -0.126. The Kier molecular flexibility index (Phi) is 5.87. The lowest BCUT2D eigenvalue weighted by Gasteiger charge is -2.18. The van der Waals surface area contributed by atoms with Crippen molar-refractivity contribution in [1.82, 2.24) is 10.3 Å². The van der Waals surface area contributed by atoms with Gasteiger partial charge in [-0.3, -0.25) is 4.79 Å². The van der Waals surface area contributed by atoms with Crippen molar-refractivity contribution in [3.05, 3.63) is 44.4 Å². The first-order chi connectivity index (χ1) is 12.6. The number of hydrogen-bond donors (Lipinski definition) is 2. The van der Waals surface area contributed by atoms with E-state index in [1.165, 1.54) is 0 Å². The Balaban J connectivity index is 1.83. The van der Waals surface area contributed by atoms with Crippen LogP contribution in [0.15, 0.2) is 45.3 Å². The molecule has 0 spiro atoms. The van der Waals surface area contributed by atoms with Crippen molar-refractivity contribution in [2.75, 3.05) is 5.32 Å². The van der Waals surface area contributed by atoms with E-state index in [9.17, 15) is 4.79 Å². The summed E-state index contributed by atoms with van der Waals surface area (Å²) < 4.78 is 7.89. The third kappa shape index (κ3) is 4.85. The van der Waals surface area contributed by atoms with Crippen molar-refractivity contribution in [1.29, 1.82) is 0 Å². The van der Waals surface area contributed by atoms with Crippen LogP contribution < -0.4 is 10.6 Å². The van der Waals surface area contributed by atoms with E-state index in [1.807, 2.05) is 57.2 Å². The van der Waals surface area contributed by atoms with Gasteiger partial charge in [0.15, 0.2) is 10.7 Å². The fourth-order valence-electron chi connectivity index (χ4n) is 2.23. The van der Waals surface area contributed by atoms with Crippen LogP contribution in [-0.2, 0) is 4.79 Å². The molecule has 0 unspecified atom stereocenters. The van der Waals surface area contributed by atoms with Gasteiger partial charge in [0.1, 0.15) is 5.52 Å². The maximum atomic E-state index is 12.0. The highest BCUT2D eigenvalue weighted by Gasteiger charge is 2.22. The van der Waals surface area contributed by atoms with Gasteiger partial charge in [-0.25, -0.2) is 4.98 Å². The zero-order valence-electron chi connectivity index (χ0n) is 14.9. The first kappa shape index (κ1) is 20.2. The number of fused-ring (bicyclic) bond motifs is 1. The summed E-state index contributed by atoms with van der Waals surface area (Å²) in [7, 11) is 0. The number of hydrogen-bond acceptors (Lipinski definition) is 4. The van der Waals surface area contributed by atoms with Crippen molar-refractivity contribution >= 4 is 78.5 Å². The molecule has 3 aromatic rings. The number of nitrogens with one attached hydrogen (secondary N) is 2. The average Bonchev–Trinajstić information content (AvgIpc) is 2.99. The van der Waals surface area contributed by atoms with E-state index >= 15 is 0 Å². The highest BCUT2D eigenvalue weighted by atomic mass is 127. The normalized spacial score (nSPS) is 11.4. The molecule has 2 N–H and O–H groups in total. The molecule has 2 aromatic carbocycles. The number of carbonyl (C=O) groups excluding carboxylic acids is 1. The van der Waals surface area contributed by atoms with Gasteiger partial charge in [0.25, 0.3) is 0 Å². The Hall–Kier alpha value is -1.52. The molecule has 0 saturated carbocycles. The van der Waals surface area contributed by atoms with Gasteiger partial charge in [0.2, 0.25) is 11.8 Å². The molecule has 140 valence electrons. The third-order valence-electron chi connectivity index (χ3n) is 3.71. The lowest BCUT2D eigenvalue weighted by Crippen LogP contribution is -2.41. The number of benzene rings is 2. The number of anilines is 1. The van der Waals surface area contributed by atoms with Gasteiger partial charge in [0, 0.05) is 19.1 Å². The Morgan fingerprint density at radius 1 is 1.22 bits per heavy atom. The molecule has 3 rings (SSSR count). The van der Waals surface area contributed by atoms with Crippen LogP contribution in [0.2, 0.25) is 0 Å². The standard InChI is InChI=1S/C19H17BrIN3O2S/c1-19(2,3)17(25)24-18(27)22-11-5-7-15-14(9-11)23-16(26-15)12-8-10(21)4-6-13(12)20/h4-9H,1-3H3,(H2,22,24,25,27). The van der Waals surface area contributed by atoms with Gasteiger partial charge in [-0.1, -0.05) is 20.8 Å². The van der Waals surface area contributed by atoms with Crippen molar-refractivity contribution in [2.45, 2.75) is 20.8 Å². The van der Waals surface area contributed by atoms with Gasteiger partial charge in [-0.15, -0.1) is 0 Å². The molecule has 1 amide bonds. The minimum atomic E-state index is -0.517. The second-order valence-corrected chi connectivity index (χ2v) is 9.49. The predicted molar refractivity (Wildman–Crippen MR) is 124 cm³/mol. The molecule has 1 heterocycles. The van der Waals surface area contributed by atoms with Crippen LogP contribution in [0.3, 0.4) is 0 Å². The SMILES string of the molecule is CC(C)(C)C(=O)NC(=S)Nc1ccc2oc(-c3cc(I)ccc3Br)nc2c1. The third-order valence-corrected chi connectivity index (χ3v) is 5.28. The van der Waals surface area contributed by atoms with Crippen molar-refractivity contribution in [3.8, 4) is 11.5 Å². The van der Waals surface area contributed by atoms with Crippen LogP contribution >= 0.6 is 50.7 Å². The Bertz CT molecular complexity index is 1040. The minimum Gasteiger partial charge on any atom is -0.436 e. The first-order valence-corrected chi connectivity index (χ1v) is 10.4. The zero-order chi connectivity index (χ0) is 19.8. The number of rotatable bonds is 2. The summed E-state index contributed by atoms with van der Waals surface area (Å²) in [5.74, 6) is 0.393. The highest BCUT2D eigenvalue weighted by molar-refractivity contribution is 14.1. The van der Waals surface area contributed by atoms with Crippen LogP contribution in [0.5, 0.6) is 0 Å². The molecule has 0 atom stereocenters. The highest BCUT2D eigenvalue weighted by Crippen LogP contribution is 2.32. The molecule has 0 bridgehead atoms. The summed E-state index contributed by atoms with van der Waals surface area (Å²) in [6, 6.07) is 11.5. The fourth-order valence-corrected chi connectivity index (χ4v) is 3.35. The van der Waals surface area contributed by atoms with E-state index in [1.54, 1.807) is 0 Å². The zero-order valence-corrected chi connectivity index (χ0v) is 19.5. The van der Waals surface area contributed by atoms with Crippen LogP contribution in [0, 0.1) is 8.99 Å². The molecular formula is C19H17BrIN3O2S. The largest absolute Gasteiger partial charge is 0.436 e. The van der Waals surface area contributed by atoms with Gasteiger partial charge in [0.05, 0.1) is 5.56 Å². The summed E-state index contributed by atoms with van der Waals surface area (Å²) in [6.45, 7) is 5.49. The molecule has 1 aromatic heterocycles. The van der Waals surface area contributed by atoms with E-state index < -0.39 is 5.41 Å². The molecule has 0 fully saturated rings. The van der Waals surface area contributed by atoms with Gasteiger partial charge in [-0.2, -0.15) is 0 Å². The molecule has 5 nitrogen and oxygen atoms in total. The average molecular weight is 558 g/mol. The molecule has 27 heavy (non-hydrogen) atoms. The Morgan fingerprint density at radius 3 is 2.67 bits per heavy atom. The van der Waals surface area contributed by atoms with Gasteiger partial charge < -0.3 is 15.1 Å². The molecule has 0 aliphatic heterocycles. The summed E-state index contributed by atoms with van der Waals surface area (Å²) in [5.41, 5.74) is 2.47. The summed E-state index contributed by atoms with van der Waals surface area (Å²) in [5, 5.41) is 5.95. The second-order valence-electron chi connectivity index (χ2n) is 6.98. The Morgan fingerprint density at radius 2 is 1.96 bits per heavy atom. The summed E-state index contributed by atoms with van der Waals surface area (Å²) >= 11 is 11.0. The van der Waals surface area contributed by atoms with Crippen LogP contribution in [0.4, 0.5) is 5.69 Å². The van der Waals surface area contributed by atoms with Crippen LogP contribution in [-0.4, -0.2) is 16.0 Å². The predicted octanol–water partition coefficient (Wildman–Crippen LogP) is 5.72. The lowest BCUT2D eigenvalue weighted by atomic mass is 9.96. The van der Waals surface area contributed by atoms with E-state index in [0.717, 1.165) is 19.3 Å². The number of amides is 1. The van der Waals surface area contributed by atoms with E-state index in [2.05, 4.69) is 54.1 Å². The number of aromatic nitrogens is 1. The molecule has 0 aliphatic rings. The number of oxazole rings is 1. The summed E-state index contributed by atoms with van der Waals surface area (Å²) in [4.78, 5) is 16.6. The molecule has 0 radical (unpaired) electrons. The van der Waals surface area contributed by atoms with E-state index in [0.29, 0.717) is 17.0 Å². The summed E-state index contributed by atoms with van der Waals surface area (Å²) in [6.07, 6.45) is 0. The smallest absolute Gasteiger partial charge is 0.231 e. The van der Waals surface area contributed by atoms with Crippen LogP contribution in [0.1, 0.15) is 20.8 Å². The van der Waals surface area contributed by atoms with Crippen molar-refractivity contribution in [2.24, 2.45) is 5.41 Å². The topological polar surface area (TPSA) is 67.2 Å². The quantitative estimate of drug-likeness (QED) is 0.311. The molecule has 0 aliphatic carbocycles. The van der Waals surface area contributed by atoms with Crippen molar-refractivity contribution in [3.63, 3.8) is 0 Å². The molecule has 8 heteroatoms. The Labute approximate surface area is 184 Å². The van der Waals surface area contributed by atoms with Crippen LogP contribution in [0.25, 0.3) is 22.6 Å². The molecular weight excluding hydrogens is 541 g/mol. The number of carbonyl (C=O) groups is 1.